The second-order valence-corrected chi connectivity index (χ2v) is 7.79. The monoisotopic (exact) mass is 379 g/mol. The summed E-state index contributed by atoms with van der Waals surface area (Å²) < 4.78 is 38.6. The number of halogens is 1. The number of urea groups is 1. The van der Waals surface area contributed by atoms with E-state index >= 15 is 0 Å². The molecule has 0 aliphatic heterocycles. The Bertz CT molecular complexity index is 870. The van der Waals surface area contributed by atoms with E-state index in [0.717, 1.165) is 11.8 Å². The summed E-state index contributed by atoms with van der Waals surface area (Å²) in [6.45, 7) is 2.02. The van der Waals surface area contributed by atoms with Gasteiger partial charge in [0.25, 0.3) is 0 Å². The zero-order valence-electron chi connectivity index (χ0n) is 14.9. The molecule has 0 unspecified atom stereocenters. The lowest BCUT2D eigenvalue weighted by Crippen LogP contribution is -2.38. The third-order valence-electron chi connectivity index (χ3n) is 3.96. The van der Waals surface area contributed by atoms with E-state index in [2.05, 4.69) is 10.0 Å². The standard InChI is InChI=1S/C18H22FN3O3S/c1-13(16-6-4-5-7-17(16)19)22(2)18(23)20-12-14-8-10-15(11-9-14)21-26(3,24)25/h4-11,13,21H,12H2,1-3H3,(H,20,23)/t13-/m1/s1. The average molecular weight is 379 g/mol. The first-order valence-corrected chi connectivity index (χ1v) is 9.88. The second-order valence-electron chi connectivity index (χ2n) is 6.04. The number of anilines is 1. The molecule has 0 aromatic heterocycles. The van der Waals surface area contributed by atoms with Crippen LogP contribution in [0, 0.1) is 5.82 Å². The number of carbonyl (C=O) groups is 1. The Hall–Kier alpha value is -2.61. The van der Waals surface area contributed by atoms with Gasteiger partial charge in [0.15, 0.2) is 0 Å². The fourth-order valence-electron chi connectivity index (χ4n) is 2.41. The van der Waals surface area contributed by atoms with Crippen LogP contribution in [-0.2, 0) is 16.6 Å². The van der Waals surface area contributed by atoms with Gasteiger partial charge in [-0.15, -0.1) is 0 Å². The van der Waals surface area contributed by atoms with Gasteiger partial charge in [-0.2, -0.15) is 0 Å². The Morgan fingerprint density at radius 1 is 1.15 bits per heavy atom. The number of benzene rings is 2. The van der Waals surface area contributed by atoms with E-state index in [1.54, 1.807) is 56.4 Å². The predicted molar refractivity (Wildman–Crippen MR) is 99.7 cm³/mol. The number of nitrogens with one attached hydrogen (secondary N) is 2. The van der Waals surface area contributed by atoms with Crippen LogP contribution in [0.2, 0.25) is 0 Å². The smallest absolute Gasteiger partial charge is 0.317 e. The van der Waals surface area contributed by atoms with Crippen LogP contribution in [-0.4, -0.2) is 32.7 Å². The molecule has 0 saturated heterocycles. The van der Waals surface area contributed by atoms with E-state index in [1.165, 1.54) is 11.0 Å². The molecule has 0 spiro atoms. The van der Waals surface area contributed by atoms with Gasteiger partial charge in [-0.25, -0.2) is 17.6 Å². The predicted octanol–water partition coefficient (Wildman–Crippen LogP) is 3.10. The quantitative estimate of drug-likeness (QED) is 0.810. The van der Waals surface area contributed by atoms with Gasteiger partial charge in [0, 0.05) is 24.8 Å². The Morgan fingerprint density at radius 2 is 1.77 bits per heavy atom. The highest BCUT2D eigenvalue weighted by atomic mass is 32.2. The molecular formula is C18H22FN3O3S. The fourth-order valence-corrected chi connectivity index (χ4v) is 2.97. The number of nitrogens with zero attached hydrogens (tertiary/aromatic N) is 1. The molecule has 1 atom stereocenters. The molecule has 2 rings (SSSR count). The van der Waals surface area contributed by atoms with Gasteiger partial charge in [0.1, 0.15) is 5.82 Å². The molecule has 2 aromatic carbocycles. The first-order valence-electron chi connectivity index (χ1n) is 7.99. The Morgan fingerprint density at radius 3 is 2.35 bits per heavy atom. The van der Waals surface area contributed by atoms with Gasteiger partial charge < -0.3 is 10.2 Å². The Kier molecular flexibility index (Phi) is 6.20. The maximum Gasteiger partial charge on any atom is 0.317 e. The van der Waals surface area contributed by atoms with Crippen LogP contribution in [0.3, 0.4) is 0 Å². The molecule has 140 valence electrons. The SMILES string of the molecule is C[C@H](c1ccccc1F)N(C)C(=O)NCc1ccc(NS(C)(=O)=O)cc1. The average Bonchev–Trinajstić information content (AvgIpc) is 2.58. The van der Waals surface area contributed by atoms with Crippen LogP contribution >= 0.6 is 0 Å². The van der Waals surface area contributed by atoms with Crippen LogP contribution in [0.15, 0.2) is 48.5 Å². The van der Waals surface area contributed by atoms with E-state index in [9.17, 15) is 17.6 Å². The molecule has 0 bridgehead atoms. The third-order valence-corrected chi connectivity index (χ3v) is 4.56. The first-order chi connectivity index (χ1) is 12.2. The number of amides is 2. The topological polar surface area (TPSA) is 78.5 Å². The van der Waals surface area contributed by atoms with Crippen LogP contribution in [0.25, 0.3) is 0 Å². The first kappa shape index (κ1) is 19.7. The molecule has 0 fully saturated rings. The van der Waals surface area contributed by atoms with E-state index < -0.39 is 16.1 Å². The molecule has 0 radical (unpaired) electrons. The number of hydrogen-bond donors (Lipinski definition) is 2. The lowest BCUT2D eigenvalue weighted by molar-refractivity contribution is 0.193. The van der Waals surface area contributed by atoms with Crippen LogP contribution < -0.4 is 10.0 Å². The van der Waals surface area contributed by atoms with E-state index in [1.807, 2.05) is 0 Å². The zero-order valence-corrected chi connectivity index (χ0v) is 15.7. The Balaban J connectivity index is 1.94. The molecule has 0 saturated carbocycles. The summed E-state index contributed by atoms with van der Waals surface area (Å²) in [5, 5.41) is 2.76. The minimum absolute atomic E-state index is 0.270. The van der Waals surface area contributed by atoms with Crippen LogP contribution in [0.5, 0.6) is 0 Å². The summed E-state index contributed by atoms with van der Waals surface area (Å²) in [6, 6.07) is 12.3. The van der Waals surface area contributed by atoms with Crippen molar-refractivity contribution in [3.63, 3.8) is 0 Å². The van der Waals surface area contributed by atoms with Gasteiger partial charge in [0.2, 0.25) is 10.0 Å². The normalized spacial score (nSPS) is 12.3. The van der Waals surface area contributed by atoms with E-state index in [4.69, 9.17) is 0 Å². The molecule has 2 N–H and O–H groups in total. The minimum Gasteiger partial charge on any atom is -0.334 e. The van der Waals surface area contributed by atoms with E-state index in [0.29, 0.717) is 11.3 Å². The fraction of sp³-hybridized carbons (Fsp3) is 0.278. The maximum atomic E-state index is 13.9. The van der Waals surface area contributed by atoms with Crippen molar-refractivity contribution in [2.24, 2.45) is 0 Å². The third kappa shape index (κ3) is 5.45. The highest BCUT2D eigenvalue weighted by molar-refractivity contribution is 7.92. The summed E-state index contributed by atoms with van der Waals surface area (Å²) >= 11 is 0. The maximum absolute atomic E-state index is 13.9. The lowest BCUT2D eigenvalue weighted by atomic mass is 10.1. The summed E-state index contributed by atoms with van der Waals surface area (Å²) in [5.74, 6) is -0.353. The summed E-state index contributed by atoms with van der Waals surface area (Å²) in [7, 11) is -1.72. The molecule has 2 amide bonds. The van der Waals surface area contributed by atoms with Crippen molar-refractivity contribution in [1.82, 2.24) is 10.2 Å². The zero-order chi connectivity index (χ0) is 19.3. The van der Waals surface area contributed by atoms with Crippen molar-refractivity contribution >= 4 is 21.7 Å². The lowest BCUT2D eigenvalue weighted by Gasteiger charge is -2.26. The molecule has 6 nitrogen and oxygen atoms in total. The van der Waals surface area contributed by atoms with Gasteiger partial charge in [0.05, 0.1) is 12.3 Å². The molecule has 2 aromatic rings. The molecule has 8 heteroatoms. The van der Waals surface area contributed by atoms with Gasteiger partial charge in [-0.05, 0) is 30.7 Å². The van der Waals surface area contributed by atoms with Crippen molar-refractivity contribution in [2.45, 2.75) is 19.5 Å². The summed E-state index contributed by atoms with van der Waals surface area (Å²) in [4.78, 5) is 13.7. The number of sulfonamides is 1. The molecule has 0 aliphatic carbocycles. The van der Waals surface area contributed by atoms with Crippen molar-refractivity contribution < 1.29 is 17.6 Å². The van der Waals surface area contributed by atoms with Crippen molar-refractivity contribution in [1.29, 1.82) is 0 Å². The number of rotatable bonds is 6. The largest absolute Gasteiger partial charge is 0.334 e. The number of hydrogen-bond acceptors (Lipinski definition) is 3. The summed E-state index contributed by atoms with van der Waals surface area (Å²) in [6.07, 6.45) is 1.08. The van der Waals surface area contributed by atoms with Crippen molar-refractivity contribution in [3.8, 4) is 0 Å². The highest BCUT2D eigenvalue weighted by Crippen LogP contribution is 2.21. The van der Waals surface area contributed by atoms with Crippen molar-refractivity contribution in [3.05, 3.63) is 65.5 Å². The van der Waals surface area contributed by atoms with Gasteiger partial charge in [-0.3, -0.25) is 4.72 Å². The van der Waals surface area contributed by atoms with E-state index in [-0.39, 0.29) is 18.4 Å². The van der Waals surface area contributed by atoms with Gasteiger partial charge in [-0.1, -0.05) is 30.3 Å². The number of carbonyl (C=O) groups excluding carboxylic acids is 1. The van der Waals surface area contributed by atoms with Gasteiger partial charge >= 0.3 is 6.03 Å². The molecule has 0 heterocycles. The van der Waals surface area contributed by atoms with Crippen LogP contribution in [0.1, 0.15) is 24.1 Å². The minimum atomic E-state index is -3.32. The molecular weight excluding hydrogens is 357 g/mol. The highest BCUT2D eigenvalue weighted by Gasteiger charge is 2.19. The summed E-state index contributed by atoms with van der Waals surface area (Å²) in [5.41, 5.74) is 1.71. The second kappa shape index (κ2) is 8.18. The van der Waals surface area contributed by atoms with Crippen molar-refractivity contribution in [2.75, 3.05) is 18.0 Å². The molecule has 26 heavy (non-hydrogen) atoms. The molecule has 0 aliphatic rings. The Labute approximate surface area is 153 Å². The van der Waals surface area contributed by atoms with Crippen LogP contribution in [0.4, 0.5) is 14.9 Å².